The van der Waals surface area contributed by atoms with Gasteiger partial charge in [-0.3, -0.25) is 19.4 Å². The molecule has 2 aliphatic rings. The first-order valence-corrected chi connectivity index (χ1v) is 11.8. The predicted octanol–water partition coefficient (Wildman–Crippen LogP) is -0.196. The second-order valence-corrected chi connectivity index (χ2v) is 10.6. The van der Waals surface area contributed by atoms with E-state index < -0.39 is 20.5 Å². The largest absolute Gasteiger partial charge is 0.340 e. The third kappa shape index (κ3) is 4.49. The van der Waals surface area contributed by atoms with E-state index in [0.29, 0.717) is 24.3 Å². The number of sulfone groups is 1. The molecule has 11 heteroatoms. The monoisotopic (exact) mass is 460 g/mol. The molecular weight excluding hydrogens is 436 g/mol. The van der Waals surface area contributed by atoms with Crippen LogP contribution in [0.25, 0.3) is 0 Å². The number of amides is 3. The van der Waals surface area contributed by atoms with Gasteiger partial charge in [0, 0.05) is 50.3 Å². The number of hydrogen-bond acceptors (Lipinski definition) is 6. The molecule has 3 amide bonds. The van der Waals surface area contributed by atoms with Gasteiger partial charge in [-0.05, 0) is 31.3 Å². The van der Waals surface area contributed by atoms with E-state index in [1.54, 1.807) is 17.2 Å². The summed E-state index contributed by atoms with van der Waals surface area (Å²) >= 11 is 0. The molecular formula is C21H24N4O6S. The molecule has 1 atom stereocenters. The minimum atomic E-state index is -3.84. The lowest BCUT2D eigenvalue weighted by Crippen LogP contribution is -2.50. The Balaban J connectivity index is 1.60. The fourth-order valence-electron chi connectivity index (χ4n) is 3.47. The number of hydrogen-bond donors (Lipinski definition) is 2. The van der Waals surface area contributed by atoms with Crippen molar-refractivity contribution in [3.63, 3.8) is 0 Å². The second kappa shape index (κ2) is 8.69. The molecule has 170 valence electrons. The molecule has 10 nitrogen and oxygen atoms in total. The van der Waals surface area contributed by atoms with Crippen molar-refractivity contribution in [2.75, 3.05) is 25.9 Å². The van der Waals surface area contributed by atoms with Crippen LogP contribution in [0.3, 0.4) is 0 Å². The Bertz CT molecular complexity index is 1190. The van der Waals surface area contributed by atoms with Crippen LogP contribution in [-0.2, 0) is 26.0 Å². The molecule has 0 aromatic carbocycles. The third-order valence-corrected chi connectivity index (χ3v) is 7.89. The first kappa shape index (κ1) is 23.4. The number of carbonyl (C=O) groups excluding carboxylic acids is 3. The standard InChI is InChI=1S/C21H24N4O6S/c1-15(26)24-11-17(12-24)7-5-4-6-16-10-18-14-23(20(28)25(18)13-16)9-8-21(2,19(27)22-29)32(3,30)31/h10,13,17,29H,8-9,11-12,14H2,1-3H3,(H,22,27). The number of hydroxylamine groups is 1. The maximum absolute atomic E-state index is 12.6. The quantitative estimate of drug-likeness (QED) is 0.356. The summed E-state index contributed by atoms with van der Waals surface area (Å²) in [5.74, 6) is 10.5. The van der Waals surface area contributed by atoms with Gasteiger partial charge in [-0.15, -0.1) is 0 Å². The van der Waals surface area contributed by atoms with Gasteiger partial charge in [0.15, 0.2) is 14.6 Å². The number of nitrogens with zero attached hydrogens (tertiary/aromatic N) is 3. The van der Waals surface area contributed by atoms with Gasteiger partial charge in [-0.2, -0.15) is 0 Å². The van der Waals surface area contributed by atoms with Gasteiger partial charge in [0.25, 0.3) is 5.91 Å². The van der Waals surface area contributed by atoms with Gasteiger partial charge in [0.05, 0.1) is 12.5 Å². The van der Waals surface area contributed by atoms with Gasteiger partial charge in [-0.1, -0.05) is 11.8 Å². The number of carbonyl (C=O) groups is 3. The van der Waals surface area contributed by atoms with Gasteiger partial charge in [-0.25, -0.2) is 18.7 Å². The van der Waals surface area contributed by atoms with Gasteiger partial charge >= 0.3 is 6.03 Å². The van der Waals surface area contributed by atoms with Gasteiger partial charge in [0.2, 0.25) is 5.91 Å². The predicted molar refractivity (Wildman–Crippen MR) is 114 cm³/mol. The van der Waals surface area contributed by atoms with Crippen molar-refractivity contribution in [2.45, 2.75) is 31.6 Å². The minimum Gasteiger partial charge on any atom is -0.340 e. The smallest absolute Gasteiger partial charge is 0.328 e. The maximum Gasteiger partial charge on any atom is 0.328 e. The lowest BCUT2D eigenvalue weighted by molar-refractivity contribution is -0.133. The van der Waals surface area contributed by atoms with Crippen LogP contribution in [0.5, 0.6) is 0 Å². The molecule has 1 aromatic rings. The van der Waals surface area contributed by atoms with E-state index >= 15 is 0 Å². The van der Waals surface area contributed by atoms with Crippen LogP contribution < -0.4 is 5.48 Å². The SMILES string of the molecule is CC(=O)N1CC(C#CC#Cc2cc3n(c2)C(=O)N(CCC(C)(C(=O)NO)S(C)(=O)=O)C3)C1. The molecule has 0 saturated carbocycles. The van der Waals surface area contributed by atoms with Crippen LogP contribution in [0.4, 0.5) is 4.79 Å². The highest BCUT2D eigenvalue weighted by Gasteiger charge is 2.44. The average molecular weight is 461 g/mol. The van der Waals surface area contributed by atoms with Gasteiger partial charge < -0.3 is 9.80 Å². The molecule has 0 radical (unpaired) electrons. The highest BCUT2D eigenvalue weighted by atomic mass is 32.2. The molecule has 0 bridgehead atoms. The van der Waals surface area contributed by atoms with Crippen LogP contribution >= 0.6 is 0 Å². The fourth-order valence-corrected chi connectivity index (χ4v) is 4.31. The van der Waals surface area contributed by atoms with Crippen molar-refractivity contribution in [1.82, 2.24) is 19.8 Å². The Morgan fingerprint density at radius 2 is 2.00 bits per heavy atom. The van der Waals surface area contributed by atoms with E-state index in [1.807, 2.05) is 0 Å². The van der Waals surface area contributed by atoms with E-state index in [4.69, 9.17) is 5.21 Å². The Morgan fingerprint density at radius 3 is 2.56 bits per heavy atom. The van der Waals surface area contributed by atoms with Crippen molar-refractivity contribution in [3.8, 4) is 23.7 Å². The van der Waals surface area contributed by atoms with Crippen LogP contribution in [0.1, 0.15) is 31.5 Å². The molecule has 1 unspecified atom stereocenters. The summed E-state index contributed by atoms with van der Waals surface area (Å²) in [7, 11) is -3.84. The zero-order chi connectivity index (χ0) is 23.7. The Morgan fingerprint density at radius 1 is 1.31 bits per heavy atom. The van der Waals surface area contributed by atoms with Crippen molar-refractivity contribution < 1.29 is 28.0 Å². The van der Waals surface area contributed by atoms with Crippen LogP contribution in [0, 0.1) is 29.6 Å². The highest BCUT2D eigenvalue weighted by Crippen LogP contribution is 2.25. The fraction of sp³-hybridized carbons (Fsp3) is 0.476. The summed E-state index contributed by atoms with van der Waals surface area (Å²) in [5, 5.41) is 8.90. The molecule has 32 heavy (non-hydrogen) atoms. The average Bonchev–Trinajstić information content (AvgIpc) is 3.21. The minimum absolute atomic E-state index is 0.0165. The lowest BCUT2D eigenvalue weighted by Gasteiger charge is -2.35. The maximum atomic E-state index is 12.6. The summed E-state index contributed by atoms with van der Waals surface area (Å²) in [6.07, 6.45) is 2.33. The number of aromatic nitrogens is 1. The molecule has 1 saturated heterocycles. The van der Waals surface area contributed by atoms with E-state index in [-0.39, 0.29) is 37.4 Å². The zero-order valence-electron chi connectivity index (χ0n) is 18.0. The van der Waals surface area contributed by atoms with E-state index in [1.165, 1.54) is 28.8 Å². The van der Waals surface area contributed by atoms with Crippen LogP contribution in [0.15, 0.2) is 12.3 Å². The zero-order valence-corrected chi connectivity index (χ0v) is 18.8. The Kier molecular flexibility index (Phi) is 6.35. The van der Waals surface area contributed by atoms with Crippen molar-refractivity contribution in [3.05, 3.63) is 23.5 Å². The van der Waals surface area contributed by atoms with Crippen LogP contribution in [-0.4, -0.2) is 76.5 Å². The van der Waals surface area contributed by atoms with Crippen molar-refractivity contribution in [1.29, 1.82) is 0 Å². The summed E-state index contributed by atoms with van der Waals surface area (Å²) < 4.78 is 23.7. The molecule has 0 aliphatic carbocycles. The van der Waals surface area contributed by atoms with Crippen molar-refractivity contribution in [2.24, 2.45) is 5.92 Å². The number of rotatable bonds is 5. The molecule has 3 rings (SSSR count). The molecule has 1 fully saturated rings. The molecule has 2 aliphatic heterocycles. The summed E-state index contributed by atoms with van der Waals surface area (Å²) in [5.41, 5.74) is 2.71. The normalized spacial score (nSPS) is 17.3. The summed E-state index contributed by atoms with van der Waals surface area (Å²) in [6.45, 7) is 4.23. The Hall–Kier alpha value is -3.28. The molecule has 1 aromatic heterocycles. The molecule has 0 spiro atoms. The molecule has 2 N–H and O–H groups in total. The first-order valence-electron chi connectivity index (χ1n) is 9.88. The summed E-state index contributed by atoms with van der Waals surface area (Å²) in [4.78, 5) is 38.8. The third-order valence-electron chi connectivity index (χ3n) is 5.86. The Labute approximate surface area is 186 Å². The second-order valence-electron chi connectivity index (χ2n) is 8.13. The summed E-state index contributed by atoms with van der Waals surface area (Å²) in [6, 6.07) is 1.40. The van der Waals surface area contributed by atoms with Crippen molar-refractivity contribution >= 4 is 27.7 Å². The first-order chi connectivity index (χ1) is 15.0. The van der Waals surface area contributed by atoms with E-state index in [9.17, 15) is 22.8 Å². The topological polar surface area (TPSA) is 129 Å². The molecule has 3 heterocycles. The number of likely N-dealkylation sites (tertiary alicyclic amines) is 1. The lowest BCUT2D eigenvalue weighted by atomic mass is 10.0. The number of nitrogens with one attached hydrogen (secondary N) is 1. The highest BCUT2D eigenvalue weighted by molar-refractivity contribution is 7.92. The van der Waals surface area contributed by atoms with Gasteiger partial charge in [0.1, 0.15) is 0 Å². The van der Waals surface area contributed by atoms with E-state index in [0.717, 1.165) is 6.26 Å². The van der Waals surface area contributed by atoms with E-state index in [2.05, 4.69) is 23.7 Å². The number of fused-ring (bicyclic) bond motifs is 1. The van der Waals surface area contributed by atoms with Crippen LogP contribution in [0.2, 0.25) is 0 Å².